The lowest BCUT2D eigenvalue weighted by atomic mass is 9.95. The maximum Gasteiger partial charge on any atom is 0.232 e. The van der Waals surface area contributed by atoms with Gasteiger partial charge in [-0.05, 0) is 0 Å². The summed E-state index contributed by atoms with van der Waals surface area (Å²) < 4.78 is 27.0. The van der Waals surface area contributed by atoms with Crippen LogP contribution in [-0.2, 0) is 28.5 Å². The van der Waals surface area contributed by atoms with E-state index < -0.39 is 118 Å². The SMILES string of the molecule is O=C(CBr)N[C@@H]1O[C@H](CO)[C@@H](O)[C@H](O[C@@H]2O[C@H](CO)[C@@H](O[C@@H]3O[C@H](CO)[C@@H](O)[C@H](O)[C@H]3O)[C@H](O)[C@H]2O)[C@H]1O. The molecule has 3 aliphatic rings. The third-order valence-electron chi connectivity index (χ3n) is 6.54. The number of carbonyl (C=O) groups excluding carboxylic acids is 1. The highest BCUT2D eigenvalue weighted by Gasteiger charge is 2.53. The van der Waals surface area contributed by atoms with E-state index >= 15 is 0 Å². The zero-order valence-electron chi connectivity index (χ0n) is 19.8. The predicted molar refractivity (Wildman–Crippen MR) is 121 cm³/mol. The van der Waals surface area contributed by atoms with Crippen LogP contribution in [0.15, 0.2) is 0 Å². The van der Waals surface area contributed by atoms with Crippen LogP contribution in [-0.4, -0.2) is 174 Å². The van der Waals surface area contributed by atoms with Gasteiger partial charge in [0.15, 0.2) is 18.8 Å². The lowest BCUT2D eigenvalue weighted by molar-refractivity contribution is -0.373. The Morgan fingerprint density at radius 3 is 1.68 bits per heavy atom. The summed E-state index contributed by atoms with van der Waals surface area (Å²) in [5.74, 6) is -0.598. The average Bonchev–Trinajstić information content (AvgIpc) is 2.91. The van der Waals surface area contributed by atoms with Crippen molar-refractivity contribution in [1.29, 1.82) is 0 Å². The predicted octanol–water partition coefficient (Wildman–Crippen LogP) is -7.05. The standard InChI is InChI=1S/C20H34BrNO16/c21-1-8(26)22-18-15(33)17(10(28)6(3-24)34-18)38-20-14(32)12(30)16(7(4-25)36-20)37-19-13(31)11(29)9(27)5(2-23)35-19/h5-7,9-20,23-25,27-33H,1-4H2,(H,22,26)/t5-,6-,7-,9-,10-,11+,12-,13-,14-,15-,16-,17+,18-,19+,20+/m1/s1. The zero-order chi connectivity index (χ0) is 28.3. The van der Waals surface area contributed by atoms with Crippen molar-refractivity contribution in [3.8, 4) is 0 Å². The zero-order valence-corrected chi connectivity index (χ0v) is 21.4. The number of hydrogen-bond donors (Lipinski definition) is 11. The van der Waals surface area contributed by atoms with Crippen molar-refractivity contribution in [2.75, 3.05) is 25.2 Å². The second kappa shape index (κ2) is 13.8. The molecule has 18 heteroatoms. The van der Waals surface area contributed by atoms with Crippen molar-refractivity contribution >= 4 is 21.8 Å². The van der Waals surface area contributed by atoms with Gasteiger partial charge in [0.2, 0.25) is 5.91 Å². The van der Waals surface area contributed by atoms with E-state index in [1.54, 1.807) is 0 Å². The van der Waals surface area contributed by atoms with Crippen LogP contribution < -0.4 is 5.32 Å². The Balaban J connectivity index is 1.74. The minimum atomic E-state index is -1.95. The van der Waals surface area contributed by atoms with Gasteiger partial charge in [-0.1, -0.05) is 15.9 Å². The fourth-order valence-electron chi connectivity index (χ4n) is 4.39. The molecule has 11 N–H and O–H groups in total. The molecule has 15 atom stereocenters. The third-order valence-corrected chi connectivity index (χ3v) is 7.05. The number of aliphatic hydroxyl groups is 10. The summed E-state index contributed by atoms with van der Waals surface area (Å²) in [5.41, 5.74) is 0. The number of hydrogen-bond acceptors (Lipinski definition) is 16. The monoisotopic (exact) mass is 623 g/mol. The number of rotatable bonds is 9. The number of halogens is 1. The summed E-state index contributed by atoms with van der Waals surface area (Å²) in [6.07, 6.45) is -24.9. The molecule has 222 valence electrons. The quantitative estimate of drug-likeness (QED) is 0.106. The topological polar surface area (TPSA) is 278 Å². The van der Waals surface area contributed by atoms with E-state index in [0.717, 1.165) is 0 Å². The molecule has 3 fully saturated rings. The molecular weight excluding hydrogens is 590 g/mol. The number of ether oxygens (including phenoxy) is 5. The summed E-state index contributed by atoms with van der Waals surface area (Å²) in [4.78, 5) is 11.8. The van der Waals surface area contributed by atoms with Gasteiger partial charge in [-0.3, -0.25) is 4.79 Å². The Hall–Kier alpha value is -0.650. The molecule has 0 aromatic carbocycles. The highest BCUT2D eigenvalue weighted by Crippen LogP contribution is 2.32. The molecule has 3 aliphatic heterocycles. The first-order chi connectivity index (χ1) is 18.0. The van der Waals surface area contributed by atoms with Crippen molar-refractivity contribution in [2.45, 2.75) is 92.1 Å². The molecule has 3 rings (SSSR count). The Bertz CT molecular complexity index is 765. The van der Waals surface area contributed by atoms with Gasteiger partial charge in [-0.25, -0.2) is 0 Å². The van der Waals surface area contributed by atoms with Crippen LogP contribution in [0.25, 0.3) is 0 Å². The van der Waals surface area contributed by atoms with E-state index in [9.17, 15) is 55.9 Å². The van der Waals surface area contributed by atoms with E-state index in [0.29, 0.717) is 0 Å². The maximum absolute atomic E-state index is 11.8. The number of amides is 1. The molecule has 0 radical (unpaired) electrons. The summed E-state index contributed by atoms with van der Waals surface area (Å²) in [5, 5.41) is 104. The highest BCUT2D eigenvalue weighted by molar-refractivity contribution is 9.09. The first kappa shape index (κ1) is 31.9. The van der Waals surface area contributed by atoms with E-state index in [1.807, 2.05) is 0 Å². The smallest absolute Gasteiger partial charge is 0.232 e. The van der Waals surface area contributed by atoms with Gasteiger partial charge in [0.25, 0.3) is 0 Å². The first-order valence-electron chi connectivity index (χ1n) is 11.7. The molecule has 17 nitrogen and oxygen atoms in total. The normalized spacial score (nSPS) is 48.0. The fraction of sp³-hybridized carbons (Fsp3) is 0.950. The Morgan fingerprint density at radius 2 is 1.13 bits per heavy atom. The summed E-state index contributed by atoms with van der Waals surface area (Å²) in [7, 11) is 0. The highest BCUT2D eigenvalue weighted by atomic mass is 79.9. The van der Waals surface area contributed by atoms with Crippen LogP contribution in [0.5, 0.6) is 0 Å². The van der Waals surface area contributed by atoms with Crippen LogP contribution in [0.4, 0.5) is 0 Å². The maximum atomic E-state index is 11.8. The molecule has 0 aromatic heterocycles. The van der Waals surface area contributed by atoms with Gasteiger partial charge >= 0.3 is 0 Å². The molecular formula is C20H34BrNO16. The van der Waals surface area contributed by atoms with Crippen molar-refractivity contribution in [3.63, 3.8) is 0 Å². The van der Waals surface area contributed by atoms with Gasteiger partial charge in [0.1, 0.15) is 73.2 Å². The summed E-state index contributed by atoms with van der Waals surface area (Å²) >= 11 is 2.93. The van der Waals surface area contributed by atoms with Crippen LogP contribution in [0.2, 0.25) is 0 Å². The van der Waals surface area contributed by atoms with Crippen LogP contribution in [0.3, 0.4) is 0 Å². The molecule has 0 spiro atoms. The fourth-order valence-corrected chi connectivity index (χ4v) is 4.55. The molecule has 0 unspecified atom stereocenters. The van der Waals surface area contributed by atoms with Gasteiger partial charge in [-0.2, -0.15) is 0 Å². The van der Waals surface area contributed by atoms with E-state index in [4.69, 9.17) is 23.7 Å². The molecule has 0 bridgehead atoms. The Kier molecular flexibility index (Phi) is 11.6. The van der Waals surface area contributed by atoms with E-state index in [-0.39, 0.29) is 5.33 Å². The number of aliphatic hydroxyl groups excluding tert-OH is 10. The number of carbonyl (C=O) groups is 1. The molecule has 0 aromatic rings. The Morgan fingerprint density at radius 1 is 0.632 bits per heavy atom. The minimum Gasteiger partial charge on any atom is -0.394 e. The minimum absolute atomic E-state index is 0.151. The van der Waals surface area contributed by atoms with E-state index in [1.165, 1.54) is 0 Å². The van der Waals surface area contributed by atoms with Crippen molar-refractivity contribution in [2.24, 2.45) is 0 Å². The third kappa shape index (κ3) is 6.62. The van der Waals surface area contributed by atoms with Crippen LogP contribution in [0, 0.1) is 0 Å². The van der Waals surface area contributed by atoms with Crippen LogP contribution in [0.1, 0.15) is 0 Å². The van der Waals surface area contributed by atoms with Crippen molar-refractivity contribution in [1.82, 2.24) is 5.32 Å². The Labute approximate surface area is 224 Å². The first-order valence-corrected chi connectivity index (χ1v) is 12.8. The second-order valence-electron chi connectivity index (χ2n) is 9.07. The molecule has 0 saturated carbocycles. The number of alkyl halides is 1. The second-order valence-corrected chi connectivity index (χ2v) is 9.63. The summed E-state index contributed by atoms with van der Waals surface area (Å²) in [6.45, 7) is -2.33. The summed E-state index contributed by atoms with van der Waals surface area (Å²) in [6, 6.07) is 0. The van der Waals surface area contributed by atoms with Gasteiger partial charge in [0.05, 0.1) is 25.2 Å². The molecule has 38 heavy (non-hydrogen) atoms. The molecule has 3 heterocycles. The molecule has 0 aliphatic carbocycles. The number of nitrogens with one attached hydrogen (secondary N) is 1. The van der Waals surface area contributed by atoms with Gasteiger partial charge < -0.3 is 80.1 Å². The van der Waals surface area contributed by atoms with E-state index in [2.05, 4.69) is 21.2 Å². The largest absolute Gasteiger partial charge is 0.394 e. The van der Waals surface area contributed by atoms with Crippen LogP contribution >= 0.6 is 15.9 Å². The van der Waals surface area contributed by atoms with Gasteiger partial charge in [-0.15, -0.1) is 0 Å². The lowest BCUT2D eigenvalue weighted by Crippen LogP contribution is -2.68. The molecule has 1 amide bonds. The van der Waals surface area contributed by atoms with Crippen molar-refractivity contribution < 1.29 is 79.5 Å². The average molecular weight is 624 g/mol. The lowest BCUT2D eigenvalue weighted by Gasteiger charge is -2.48. The van der Waals surface area contributed by atoms with Crippen molar-refractivity contribution in [3.05, 3.63) is 0 Å². The van der Waals surface area contributed by atoms with Gasteiger partial charge in [0, 0.05) is 0 Å². The molecule has 3 saturated heterocycles.